The number of amides is 1. The van der Waals surface area contributed by atoms with Gasteiger partial charge in [-0.05, 0) is 70.0 Å². The van der Waals surface area contributed by atoms with Gasteiger partial charge in [0.05, 0.1) is 0 Å². The number of rotatable bonds is 6. The van der Waals surface area contributed by atoms with Crippen molar-refractivity contribution in [1.29, 1.82) is 0 Å². The van der Waals surface area contributed by atoms with E-state index in [2.05, 4.69) is 5.32 Å². The Morgan fingerprint density at radius 3 is 1.70 bits per heavy atom. The predicted molar refractivity (Wildman–Crippen MR) is 109 cm³/mol. The van der Waals surface area contributed by atoms with Crippen LogP contribution in [-0.2, 0) is 14.3 Å². The van der Waals surface area contributed by atoms with Crippen LogP contribution in [0.4, 0.5) is 13.6 Å². The Hall–Kier alpha value is -2.96. The van der Waals surface area contributed by atoms with Gasteiger partial charge in [-0.25, -0.2) is 18.4 Å². The molecule has 0 radical (unpaired) electrons. The summed E-state index contributed by atoms with van der Waals surface area (Å²) in [5, 5.41) is 2.44. The fraction of sp³-hybridized carbons (Fsp3) is 0.391. The average Bonchev–Trinajstić information content (AvgIpc) is 2.63. The molecule has 5 nitrogen and oxygen atoms in total. The minimum absolute atomic E-state index is 0.392. The minimum atomic E-state index is -0.940. The summed E-state index contributed by atoms with van der Waals surface area (Å²) in [5.74, 6) is -1.89. The molecule has 1 N–H and O–H groups in total. The van der Waals surface area contributed by atoms with Crippen LogP contribution < -0.4 is 5.32 Å². The maximum Gasteiger partial charge on any atom is 0.408 e. The van der Waals surface area contributed by atoms with Gasteiger partial charge in [0.1, 0.15) is 29.4 Å². The molecule has 1 amide bonds. The Labute approximate surface area is 175 Å². The molecule has 0 aliphatic heterocycles. The van der Waals surface area contributed by atoms with Crippen molar-refractivity contribution >= 4 is 12.1 Å². The zero-order chi connectivity index (χ0) is 22.5. The second-order valence-electron chi connectivity index (χ2n) is 8.09. The third-order valence-corrected chi connectivity index (χ3v) is 4.32. The first-order chi connectivity index (χ1) is 14.0. The highest BCUT2D eigenvalue weighted by Crippen LogP contribution is 2.30. The van der Waals surface area contributed by atoms with E-state index in [0.717, 1.165) is 0 Å². The van der Waals surface area contributed by atoms with Crippen molar-refractivity contribution in [3.05, 3.63) is 71.3 Å². The monoisotopic (exact) mass is 419 g/mol. The molecule has 2 aromatic rings. The van der Waals surface area contributed by atoms with E-state index in [9.17, 15) is 18.4 Å². The molecule has 0 unspecified atom stereocenters. The van der Waals surface area contributed by atoms with Gasteiger partial charge < -0.3 is 14.8 Å². The van der Waals surface area contributed by atoms with Crippen LogP contribution in [-0.4, -0.2) is 29.8 Å². The van der Waals surface area contributed by atoms with Crippen molar-refractivity contribution in [2.24, 2.45) is 0 Å². The van der Waals surface area contributed by atoms with Crippen molar-refractivity contribution in [2.45, 2.75) is 58.3 Å². The van der Waals surface area contributed by atoms with Gasteiger partial charge in [0.2, 0.25) is 0 Å². The summed E-state index contributed by atoms with van der Waals surface area (Å²) in [4.78, 5) is 24.4. The number of ether oxygens (including phenoxy) is 2. The third kappa shape index (κ3) is 6.83. The van der Waals surface area contributed by atoms with E-state index in [1.54, 1.807) is 52.0 Å². The lowest BCUT2D eigenvalue weighted by Crippen LogP contribution is -2.43. The Bertz CT molecular complexity index is 815. The first kappa shape index (κ1) is 23.3. The second kappa shape index (κ2) is 9.69. The summed E-state index contributed by atoms with van der Waals surface area (Å²) >= 11 is 0. The molecule has 162 valence electrons. The van der Waals surface area contributed by atoms with E-state index in [-0.39, 0.29) is 0 Å². The molecule has 2 aromatic carbocycles. The van der Waals surface area contributed by atoms with E-state index in [0.29, 0.717) is 11.1 Å². The van der Waals surface area contributed by atoms with Gasteiger partial charge in [-0.1, -0.05) is 24.3 Å². The topological polar surface area (TPSA) is 64.6 Å². The van der Waals surface area contributed by atoms with Crippen LogP contribution in [0.5, 0.6) is 0 Å². The first-order valence-corrected chi connectivity index (χ1v) is 9.67. The number of carbonyl (C=O) groups excluding carboxylic acids is 2. The molecule has 0 saturated carbocycles. The number of benzene rings is 2. The predicted octanol–water partition coefficient (Wildman–Crippen LogP) is 4.94. The molecule has 2 rings (SSSR count). The lowest BCUT2D eigenvalue weighted by Gasteiger charge is -2.27. The van der Waals surface area contributed by atoms with Crippen molar-refractivity contribution in [3.63, 3.8) is 0 Å². The van der Waals surface area contributed by atoms with Gasteiger partial charge >= 0.3 is 12.1 Å². The molecule has 0 aliphatic rings. The molecule has 0 bridgehead atoms. The second-order valence-corrected chi connectivity index (χ2v) is 8.09. The molecule has 0 fully saturated rings. The molecular formula is C23H27F2NO4. The summed E-state index contributed by atoms with van der Waals surface area (Å²) in [7, 11) is 0. The van der Waals surface area contributed by atoms with E-state index in [1.165, 1.54) is 31.2 Å². The summed E-state index contributed by atoms with van der Waals surface area (Å²) in [5.41, 5.74) is 0.712. The van der Waals surface area contributed by atoms with Crippen LogP contribution in [0.25, 0.3) is 0 Å². The van der Waals surface area contributed by atoms with E-state index in [1.807, 2.05) is 0 Å². The van der Waals surface area contributed by atoms with Gasteiger partial charge in [0.15, 0.2) is 0 Å². The van der Waals surface area contributed by atoms with Crippen LogP contribution in [0.3, 0.4) is 0 Å². The third-order valence-electron chi connectivity index (χ3n) is 4.32. The number of esters is 1. The Morgan fingerprint density at radius 1 is 0.867 bits per heavy atom. The largest absolute Gasteiger partial charge is 0.460 e. The molecule has 0 aromatic heterocycles. The molecule has 30 heavy (non-hydrogen) atoms. The van der Waals surface area contributed by atoms with Gasteiger partial charge in [-0.2, -0.15) is 0 Å². The van der Waals surface area contributed by atoms with Crippen LogP contribution in [0, 0.1) is 11.6 Å². The fourth-order valence-corrected chi connectivity index (χ4v) is 2.97. The van der Waals surface area contributed by atoms with Crippen molar-refractivity contribution in [2.75, 3.05) is 0 Å². The maximum absolute atomic E-state index is 13.4. The smallest absolute Gasteiger partial charge is 0.408 e. The molecule has 2 atom stereocenters. The SMILES string of the molecule is C[C@@H](NC(=O)OC(C)(C)C)C(=O)O[C@H](C)C(c1ccc(F)cc1)c1ccc(F)cc1. The van der Waals surface area contributed by atoms with Gasteiger partial charge in [0.25, 0.3) is 0 Å². The summed E-state index contributed by atoms with van der Waals surface area (Å²) in [6.45, 7) is 8.33. The number of hydrogen-bond donors (Lipinski definition) is 1. The number of carbonyl (C=O) groups is 2. The number of nitrogens with one attached hydrogen (secondary N) is 1. The molecule has 0 heterocycles. The average molecular weight is 419 g/mol. The standard InChI is InChI=1S/C23H27F2NO4/c1-14(26-22(28)30-23(3,4)5)21(27)29-15(2)20(16-6-10-18(24)11-7-16)17-8-12-19(25)13-9-17/h6-15,20H,1-5H3,(H,26,28)/t14-,15-/m1/s1. The number of hydrogen-bond acceptors (Lipinski definition) is 4. The van der Waals surface area contributed by atoms with Crippen LogP contribution in [0.1, 0.15) is 51.7 Å². The Morgan fingerprint density at radius 2 is 1.30 bits per heavy atom. The molecule has 0 aliphatic carbocycles. The van der Waals surface area contributed by atoms with Gasteiger partial charge in [0, 0.05) is 5.92 Å². The normalized spacial score (nSPS) is 13.5. The highest BCUT2D eigenvalue weighted by molar-refractivity contribution is 5.81. The summed E-state index contributed by atoms with van der Waals surface area (Å²) < 4.78 is 37.5. The van der Waals surface area contributed by atoms with Crippen molar-refractivity contribution in [1.82, 2.24) is 5.32 Å². The van der Waals surface area contributed by atoms with Crippen LogP contribution >= 0.6 is 0 Å². The maximum atomic E-state index is 13.4. The van der Waals surface area contributed by atoms with Crippen molar-refractivity contribution in [3.8, 4) is 0 Å². The van der Waals surface area contributed by atoms with Gasteiger partial charge in [-0.15, -0.1) is 0 Å². The van der Waals surface area contributed by atoms with E-state index in [4.69, 9.17) is 9.47 Å². The quantitative estimate of drug-likeness (QED) is 0.674. The minimum Gasteiger partial charge on any atom is -0.460 e. The highest BCUT2D eigenvalue weighted by Gasteiger charge is 2.28. The molecular weight excluding hydrogens is 392 g/mol. The van der Waals surface area contributed by atoms with Crippen molar-refractivity contribution < 1.29 is 27.8 Å². The number of alkyl carbamates (subject to hydrolysis) is 1. The Kier molecular flexibility index (Phi) is 7.54. The zero-order valence-electron chi connectivity index (χ0n) is 17.7. The molecule has 0 saturated heterocycles. The fourth-order valence-electron chi connectivity index (χ4n) is 2.97. The van der Waals surface area contributed by atoms with Crippen LogP contribution in [0.2, 0.25) is 0 Å². The Balaban J connectivity index is 2.16. The van der Waals surface area contributed by atoms with E-state index >= 15 is 0 Å². The zero-order valence-corrected chi connectivity index (χ0v) is 17.7. The molecule has 0 spiro atoms. The van der Waals surface area contributed by atoms with Crippen LogP contribution in [0.15, 0.2) is 48.5 Å². The summed E-state index contributed by atoms with van der Waals surface area (Å²) in [6, 6.07) is 10.7. The number of halogens is 2. The highest BCUT2D eigenvalue weighted by atomic mass is 19.1. The molecule has 7 heteroatoms. The van der Waals surface area contributed by atoms with E-state index < -0.39 is 47.4 Å². The summed E-state index contributed by atoms with van der Waals surface area (Å²) in [6.07, 6.45) is -1.40. The lowest BCUT2D eigenvalue weighted by molar-refractivity contribution is -0.150. The lowest BCUT2D eigenvalue weighted by atomic mass is 9.87. The van der Waals surface area contributed by atoms with Gasteiger partial charge in [-0.3, -0.25) is 0 Å². The first-order valence-electron chi connectivity index (χ1n) is 9.67.